The van der Waals surface area contributed by atoms with E-state index in [1.807, 2.05) is 11.8 Å². The van der Waals surface area contributed by atoms with Crippen LogP contribution in [0.2, 0.25) is 0 Å². The molecule has 4 rings (SSSR count). The predicted octanol–water partition coefficient (Wildman–Crippen LogP) is 4.49. The molecule has 0 saturated heterocycles. The van der Waals surface area contributed by atoms with Crippen molar-refractivity contribution in [3.05, 3.63) is 0 Å². The van der Waals surface area contributed by atoms with E-state index in [1.165, 1.54) is 32.1 Å². The molecule has 3 N–H and O–H groups in total. The highest BCUT2D eigenvalue weighted by Crippen LogP contribution is 2.66. The van der Waals surface area contributed by atoms with Gasteiger partial charge < -0.3 is 10.9 Å². The molecule has 152 valence electrons. The molecule has 4 aliphatic carbocycles. The lowest BCUT2D eigenvalue weighted by Gasteiger charge is -2.60. The first-order valence-corrected chi connectivity index (χ1v) is 12.1. The molecule has 4 fully saturated rings. The highest BCUT2D eigenvalue weighted by atomic mass is 32.2. The maximum atomic E-state index is 13.0. The molecular formula is C22H36N2O2S. The van der Waals surface area contributed by atoms with E-state index in [0.29, 0.717) is 34.7 Å². The lowest BCUT2D eigenvalue weighted by Crippen LogP contribution is -2.57. The van der Waals surface area contributed by atoms with Crippen molar-refractivity contribution in [1.82, 2.24) is 0 Å². The Morgan fingerprint density at radius 1 is 1.22 bits per heavy atom. The first kappa shape index (κ1) is 19.8. The van der Waals surface area contributed by atoms with E-state index in [0.717, 1.165) is 43.7 Å². The molecule has 4 aliphatic rings. The molecule has 4 nitrogen and oxygen atoms in total. The molecule has 4 saturated carbocycles. The molecule has 1 unspecified atom stereocenters. The average molecular weight is 393 g/mol. The summed E-state index contributed by atoms with van der Waals surface area (Å²) in [5.41, 5.74) is 6.83. The minimum absolute atomic E-state index is 0.167. The van der Waals surface area contributed by atoms with Crippen molar-refractivity contribution in [2.24, 2.45) is 45.4 Å². The van der Waals surface area contributed by atoms with E-state index < -0.39 is 0 Å². The van der Waals surface area contributed by atoms with E-state index in [1.54, 1.807) is 0 Å². The van der Waals surface area contributed by atoms with Crippen molar-refractivity contribution >= 4 is 23.3 Å². The fourth-order valence-electron chi connectivity index (χ4n) is 7.53. The summed E-state index contributed by atoms with van der Waals surface area (Å²) in [6.07, 6.45) is 9.87. The smallest absolute Gasteiger partial charge is 0.140 e. The van der Waals surface area contributed by atoms with Gasteiger partial charge in [0.2, 0.25) is 0 Å². The largest absolute Gasteiger partial charge is 0.411 e. The molecule has 7 atom stereocenters. The monoisotopic (exact) mass is 392 g/mol. The molecule has 0 radical (unpaired) electrons. The van der Waals surface area contributed by atoms with Crippen molar-refractivity contribution in [1.29, 1.82) is 0 Å². The Bertz CT molecular complexity index is 623. The first-order chi connectivity index (χ1) is 13.0. The Labute approximate surface area is 168 Å². The summed E-state index contributed by atoms with van der Waals surface area (Å²) in [6.45, 7) is 5.43. The van der Waals surface area contributed by atoms with Gasteiger partial charge in [-0.25, -0.2) is 0 Å². The van der Waals surface area contributed by atoms with Crippen LogP contribution in [0.15, 0.2) is 5.16 Å². The first-order valence-electron chi connectivity index (χ1n) is 11.0. The van der Waals surface area contributed by atoms with E-state index in [2.05, 4.69) is 19.0 Å². The Morgan fingerprint density at radius 3 is 2.78 bits per heavy atom. The van der Waals surface area contributed by atoms with Gasteiger partial charge in [0, 0.05) is 23.0 Å². The molecule has 27 heavy (non-hydrogen) atoms. The van der Waals surface area contributed by atoms with Crippen molar-refractivity contribution in [2.45, 2.75) is 76.9 Å². The van der Waals surface area contributed by atoms with Gasteiger partial charge >= 0.3 is 0 Å². The second kappa shape index (κ2) is 7.37. The Hall–Kier alpha value is -0.550. The van der Waals surface area contributed by atoms with Gasteiger partial charge in [-0.3, -0.25) is 4.79 Å². The second-order valence-corrected chi connectivity index (χ2v) is 11.4. The van der Waals surface area contributed by atoms with Crippen molar-refractivity contribution in [3.8, 4) is 0 Å². The fourth-order valence-corrected chi connectivity index (χ4v) is 9.14. The SMILES string of the molecule is C[C@]12CCCC[C@@H]1/C(=N/O)C[C@@H]1[C@@H]2CC[C@]2(C)C(=O)CC(SCCCN)[C@@H]12. The van der Waals surface area contributed by atoms with E-state index >= 15 is 0 Å². The number of oxime groups is 1. The van der Waals surface area contributed by atoms with Crippen molar-refractivity contribution in [2.75, 3.05) is 12.3 Å². The number of carbonyl (C=O) groups is 1. The van der Waals surface area contributed by atoms with Crippen LogP contribution in [0.25, 0.3) is 0 Å². The van der Waals surface area contributed by atoms with Crippen LogP contribution in [0.1, 0.15) is 71.6 Å². The third-order valence-corrected chi connectivity index (χ3v) is 10.3. The van der Waals surface area contributed by atoms with Crippen molar-refractivity contribution < 1.29 is 10.0 Å². The number of hydrogen-bond donors (Lipinski definition) is 2. The van der Waals surface area contributed by atoms with Gasteiger partial charge in [-0.1, -0.05) is 31.8 Å². The predicted molar refractivity (Wildman–Crippen MR) is 111 cm³/mol. The standard InChI is InChI=1S/C22H36N2O2S/c1-21-8-4-3-6-16(21)17(24-26)12-14-15(21)7-9-22(2)19(25)13-18(20(14)22)27-11-5-10-23/h14-16,18,20,26H,3-13,23H2,1-2H3/b24-17+/t14-,15+,16-,18?,20-,21-,22-/m1/s1. The molecule has 0 bridgehead atoms. The molecule has 0 aromatic heterocycles. The third kappa shape index (κ3) is 2.99. The number of ketones is 1. The van der Waals surface area contributed by atoms with Crippen LogP contribution >= 0.6 is 11.8 Å². The molecule has 5 heteroatoms. The lowest BCUT2D eigenvalue weighted by atomic mass is 9.45. The third-order valence-electron chi connectivity index (χ3n) is 8.87. The average Bonchev–Trinajstić information content (AvgIpc) is 2.91. The van der Waals surface area contributed by atoms with Gasteiger partial charge in [0.15, 0.2) is 0 Å². The zero-order chi connectivity index (χ0) is 19.2. The van der Waals surface area contributed by atoms with Gasteiger partial charge in [-0.2, -0.15) is 11.8 Å². The summed E-state index contributed by atoms with van der Waals surface area (Å²) >= 11 is 1.99. The molecule has 0 aliphatic heterocycles. The number of fused-ring (bicyclic) bond motifs is 5. The minimum Gasteiger partial charge on any atom is -0.411 e. The van der Waals surface area contributed by atoms with Crippen LogP contribution in [0.4, 0.5) is 0 Å². The summed E-state index contributed by atoms with van der Waals surface area (Å²) < 4.78 is 0. The molecular weight excluding hydrogens is 356 g/mol. The second-order valence-electron chi connectivity index (χ2n) is 10.0. The van der Waals surface area contributed by atoms with Crippen LogP contribution in [0.3, 0.4) is 0 Å². The van der Waals surface area contributed by atoms with Gasteiger partial charge in [0.25, 0.3) is 0 Å². The summed E-state index contributed by atoms with van der Waals surface area (Å²) in [4.78, 5) is 13.0. The minimum atomic E-state index is -0.167. The summed E-state index contributed by atoms with van der Waals surface area (Å²) in [6, 6.07) is 0. The van der Waals surface area contributed by atoms with Crippen LogP contribution in [-0.2, 0) is 4.79 Å². The van der Waals surface area contributed by atoms with E-state index in [-0.39, 0.29) is 10.8 Å². The van der Waals surface area contributed by atoms with Crippen LogP contribution in [-0.4, -0.2) is 34.2 Å². The van der Waals surface area contributed by atoms with Crippen LogP contribution in [0.5, 0.6) is 0 Å². The number of Topliss-reactive ketones (excluding diaryl/α,β-unsaturated/α-hetero) is 1. The van der Waals surface area contributed by atoms with Gasteiger partial charge in [-0.15, -0.1) is 0 Å². The fraction of sp³-hybridized carbons (Fsp3) is 0.909. The summed E-state index contributed by atoms with van der Waals surface area (Å²) in [7, 11) is 0. The van der Waals surface area contributed by atoms with Crippen LogP contribution < -0.4 is 5.73 Å². The maximum Gasteiger partial charge on any atom is 0.140 e. The Morgan fingerprint density at radius 2 is 2.04 bits per heavy atom. The van der Waals surface area contributed by atoms with Crippen molar-refractivity contribution in [3.63, 3.8) is 0 Å². The summed E-state index contributed by atoms with van der Waals surface area (Å²) in [5, 5.41) is 14.1. The van der Waals surface area contributed by atoms with Gasteiger partial charge in [0.05, 0.1) is 5.71 Å². The normalized spacial score (nSPS) is 48.2. The van der Waals surface area contributed by atoms with E-state index in [9.17, 15) is 10.0 Å². The zero-order valence-electron chi connectivity index (χ0n) is 17.0. The summed E-state index contributed by atoms with van der Waals surface area (Å²) in [5.74, 6) is 3.59. The number of thioether (sulfide) groups is 1. The number of hydrogen-bond acceptors (Lipinski definition) is 5. The van der Waals surface area contributed by atoms with Gasteiger partial charge in [0.1, 0.15) is 5.78 Å². The molecule has 0 spiro atoms. The number of nitrogens with two attached hydrogens (primary N) is 1. The van der Waals surface area contributed by atoms with E-state index in [4.69, 9.17) is 5.73 Å². The quantitative estimate of drug-likeness (QED) is 0.420. The number of rotatable bonds is 4. The topological polar surface area (TPSA) is 75.7 Å². The zero-order valence-corrected chi connectivity index (χ0v) is 17.8. The highest BCUT2D eigenvalue weighted by molar-refractivity contribution is 7.99. The molecule has 0 aromatic rings. The molecule has 0 aromatic carbocycles. The maximum absolute atomic E-state index is 13.0. The Balaban J connectivity index is 1.67. The number of nitrogens with zero attached hydrogens (tertiary/aromatic N) is 1. The highest BCUT2D eigenvalue weighted by Gasteiger charge is 2.63. The molecule has 0 amide bonds. The Kier molecular flexibility index (Phi) is 5.39. The van der Waals surface area contributed by atoms with Gasteiger partial charge in [-0.05, 0) is 74.0 Å². The molecule has 0 heterocycles. The lowest BCUT2D eigenvalue weighted by molar-refractivity contribution is -0.133. The number of carbonyl (C=O) groups excluding carboxylic acids is 1. The van der Waals surface area contributed by atoms with Crippen LogP contribution in [0, 0.1) is 34.5 Å².